The fourth-order valence-corrected chi connectivity index (χ4v) is 18.8. The Bertz CT molecular complexity index is 8120. The van der Waals surface area contributed by atoms with Crippen molar-refractivity contribution in [3.05, 3.63) is 393 Å². The molecule has 0 saturated carbocycles. The Kier molecular flexibility index (Phi) is 12.6. The summed E-state index contributed by atoms with van der Waals surface area (Å²) in [5.41, 5.74) is 23.8. The van der Waals surface area contributed by atoms with Crippen LogP contribution in [0.25, 0.3) is 154 Å². The van der Waals surface area contributed by atoms with Gasteiger partial charge in [-0.05, 0) is 228 Å². The first-order valence-electron chi connectivity index (χ1n) is 46.0. The van der Waals surface area contributed by atoms with Crippen LogP contribution < -0.4 is 26.2 Å². The number of anilines is 6. The van der Waals surface area contributed by atoms with Crippen molar-refractivity contribution in [1.82, 2.24) is 18.3 Å². The highest BCUT2D eigenvalue weighted by Crippen LogP contribution is 2.51. The SMILES string of the molecule is [2H]c1c([2H])c([2H])c2c(c1[2H])c1cc(-n3c4ccccc4c4ccccc43)ccc1n2-c1cc2c3c(c1)N(c1cc(-c4ccccc4)cc(-c4ccccc4)c1)c1cc(-n4c5c([2H])c([2H])c([2H])c([2H])c5c5c([2H])c([2H])c([2H])c([2H])c54)ccc1B3c1ccc(-n3c4ccc(C(C)(C)C)cc4c4cc(C(C)(C)C)ccc43)cc1N2c1cc(-c2ccccc2)cc(-c2ccccc2)c1. The van der Waals surface area contributed by atoms with Gasteiger partial charge in [-0.15, -0.1) is 0 Å². The first-order valence-corrected chi connectivity index (χ1v) is 40.0. The molecule has 0 unspecified atom stereocenters. The Balaban J connectivity index is 0.909. The summed E-state index contributed by atoms with van der Waals surface area (Å²) in [5.74, 6) is 0. The van der Waals surface area contributed by atoms with E-state index in [0.29, 0.717) is 44.7 Å². The third-order valence-corrected chi connectivity index (χ3v) is 24.3. The second-order valence-electron chi connectivity index (χ2n) is 33.2. The molecule has 0 aliphatic carbocycles. The highest BCUT2D eigenvalue weighted by molar-refractivity contribution is 7.00. The standard InChI is InChI=1S/C110H81BN6/c1-109(2,3)78-47-54-101-91(63-78)92-64-79(110(4,5)6)48-55-102(92)114(101)82-50-53-95-105(67-82)117(84-61-76(72-33-15-9-16-34-72)58-77(62-84)73-35-17-10-18-36-73)107-69-85(115-100-46-28-23-41-90(100)93-65-80(51-56-103(93)115)112-96-42-24-19-37-86(96)87-38-20-25-43-97(87)112)68-106-108(107)111(95)94-52-49-81(113-98-44-26-21-39-88(98)89-40-22-27-45-99(89)113)66-104(94)116(106)83-59-74(70-29-11-7-12-30-70)57-75(60-83)71-31-13-8-14-32-71/h7-69H,1-6H3/i21D,22D,23D,26D,27D,28D,39D,40D,41D,44D,45D,46D. The maximum Gasteiger partial charge on any atom is 0.252 e. The molecule has 21 aromatic rings. The summed E-state index contributed by atoms with van der Waals surface area (Å²) in [6.45, 7) is 12.9. The zero-order chi connectivity index (χ0) is 88.5. The van der Waals surface area contributed by atoms with Gasteiger partial charge in [-0.1, -0.05) is 278 Å². The average Bonchev–Trinajstić information content (AvgIpc) is 1.69. The lowest BCUT2D eigenvalue weighted by Crippen LogP contribution is -2.61. The molecule has 0 spiro atoms. The second kappa shape index (κ2) is 26.1. The molecule has 2 aliphatic rings. The molecule has 2 aliphatic heterocycles. The van der Waals surface area contributed by atoms with Crippen LogP contribution in [0.5, 0.6) is 0 Å². The van der Waals surface area contributed by atoms with Crippen LogP contribution >= 0.6 is 0 Å². The topological polar surface area (TPSA) is 26.2 Å². The number of hydrogen-bond acceptors (Lipinski definition) is 2. The van der Waals surface area contributed by atoms with Gasteiger partial charge in [-0.25, -0.2) is 0 Å². The quantitative estimate of drug-likeness (QED) is 0.128. The van der Waals surface area contributed by atoms with Gasteiger partial charge in [0, 0.05) is 94.3 Å². The smallest absolute Gasteiger partial charge is 0.252 e. The molecule has 0 saturated heterocycles. The lowest BCUT2D eigenvalue weighted by molar-refractivity contribution is 0.590. The minimum Gasteiger partial charge on any atom is -0.311 e. The summed E-state index contributed by atoms with van der Waals surface area (Å²) in [4.78, 5) is 4.68. The van der Waals surface area contributed by atoms with Gasteiger partial charge in [0.2, 0.25) is 0 Å². The number of rotatable bonds is 10. The number of benzene rings is 17. The minimum absolute atomic E-state index is 0.0296. The summed E-state index contributed by atoms with van der Waals surface area (Å²) >= 11 is 0. The van der Waals surface area contributed by atoms with Crippen molar-refractivity contribution in [1.29, 1.82) is 0 Å². The number of para-hydroxylation sites is 5. The van der Waals surface area contributed by atoms with E-state index in [0.717, 1.165) is 133 Å². The van der Waals surface area contributed by atoms with Crippen LogP contribution in [0.15, 0.2) is 382 Å². The molecule has 23 rings (SSSR count). The fourth-order valence-electron chi connectivity index (χ4n) is 18.8. The number of aromatic nitrogens is 4. The number of hydrogen-bond donors (Lipinski definition) is 0. The summed E-state index contributed by atoms with van der Waals surface area (Å²) in [7, 11) is 0. The van der Waals surface area contributed by atoms with Crippen molar-refractivity contribution >= 4 is 144 Å². The molecular weight excluding hydrogens is 1420 g/mol. The molecule has 6 heterocycles. The van der Waals surface area contributed by atoms with E-state index in [1.54, 1.807) is 4.57 Å². The molecule has 0 amide bonds. The molecule has 7 heteroatoms. The van der Waals surface area contributed by atoms with Crippen LogP contribution in [0, 0.1) is 0 Å². The van der Waals surface area contributed by atoms with Gasteiger partial charge < -0.3 is 28.1 Å². The highest BCUT2D eigenvalue weighted by Gasteiger charge is 2.45. The lowest BCUT2D eigenvalue weighted by Gasteiger charge is -2.45. The largest absolute Gasteiger partial charge is 0.311 e. The van der Waals surface area contributed by atoms with E-state index in [-0.39, 0.29) is 56.3 Å². The molecule has 0 bridgehead atoms. The Labute approximate surface area is 697 Å². The molecule has 554 valence electrons. The summed E-state index contributed by atoms with van der Waals surface area (Å²) in [6, 6.07) is 103. The summed E-state index contributed by atoms with van der Waals surface area (Å²) < 4.78 is 125. The van der Waals surface area contributed by atoms with Gasteiger partial charge in [-0.3, -0.25) is 0 Å². The molecule has 0 atom stereocenters. The molecule has 117 heavy (non-hydrogen) atoms. The average molecular weight is 1510 g/mol. The van der Waals surface area contributed by atoms with Crippen molar-refractivity contribution < 1.29 is 16.4 Å². The zero-order valence-electron chi connectivity index (χ0n) is 77.2. The Morgan fingerprint density at radius 3 is 0.932 bits per heavy atom. The molecular formula is C110H81BN6. The van der Waals surface area contributed by atoms with Crippen LogP contribution in [0.2, 0.25) is 0 Å². The maximum absolute atomic E-state index is 10.5. The normalized spacial score (nSPS) is 14.3. The van der Waals surface area contributed by atoms with Crippen molar-refractivity contribution in [2.75, 3.05) is 9.80 Å². The molecule has 17 aromatic carbocycles. The third-order valence-electron chi connectivity index (χ3n) is 24.3. The van der Waals surface area contributed by atoms with Gasteiger partial charge in [0.15, 0.2) is 0 Å². The van der Waals surface area contributed by atoms with E-state index in [1.165, 1.54) is 11.1 Å². The van der Waals surface area contributed by atoms with Gasteiger partial charge in [-0.2, -0.15) is 0 Å². The predicted octanol–water partition coefficient (Wildman–Crippen LogP) is 27.4. The fraction of sp³-hybridized carbons (Fsp3) is 0.0727. The van der Waals surface area contributed by atoms with Crippen LogP contribution in [0.3, 0.4) is 0 Å². The Morgan fingerprint density at radius 2 is 0.530 bits per heavy atom. The number of fused-ring (bicyclic) bond motifs is 16. The van der Waals surface area contributed by atoms with Gasteiger partial charge >= 0.3 is 0 Å². The molecule has 6 nitrogen and oxygen atoms in total. The number of nitrogens with zero attached hydrogens (tertiary/aromatic N) is 6. The first-order chi connectivity index (χ1) is 62.3. The monoisotopic (exact) mass is 1510 g/mol. The van der Waals surface area contributed by atoms with Gasteiger partial charge in [0.1, 0.15) is 0 Å². The molecule has 0 radical (unpaired) electrons. The Hall–Kier alpha value is -14.4. The zero-order valence-corrected chi connectivity index (χ0v) is 65.2. The molecule has 0 fully saturated rings. The highest BCUT2D eigenvalue weighted by atomic mass is 15.2. The van der Waals surface area contributed by atoms with E-state index in [2.05, 4.69) is 279 Å². The predicted molar refractivity (Wildman–Crippen MR) is 497 cm³/mol. The lowest BCUT2D eigenvalue weighted by atomic mass is 9.33. The van der Waals surface area contributed by atoms with Gasteiger partial charge in [0.05, 0.1) is 66.3 Å². The van der Waals surface area contributed by atoms with E-state index in [1.807, 2.05) is 95.6 Å². The minimum atomic E-state index is -0.680. The third kappa shape index (κ3) is 10.8. The Morgan fingerprint density at radius 1 is 0.222 bits per heavy atom. The second-order valence-corrected chi connectivity index (χ2v) is 33.2. The van der Waals surface area contributed by atoms with Crippen LogP contribution in [0.4, 0.5) is 34.1 Å². The molecule has 0 N–H and O–H groups in total. The summed E-state index contributed by atoms with van der Waals surface area (Å²) in [6.07, 6.45) is 0. The van der Waals surface area contributed by atoms with Crippen LogP contribution in [0.1, 0.15) is 69.1 Å². The van der Waals surface area contributed by atoms with Crippen molar-refractivity contribution in [3.63, 3.8) is 0 Å². The van der Waals surface area contributed by atoms with Crippen molar-refractivity contribution in [2.24, 2.45) is 0 Å². The van der Waals surface area contributed by atoms with E-state index in [4.69, 9.17) is 0 Å². The van der Waals surface area contributed by atoms with Crippen molar-refractivity contribution in [2.45, 2.75) is 52.4 Å². The van der Waals surface area contributed by atoms with E-state index in [9.17, 15) is 16.4 Å². The van der Waals surface area contributed by atoms with Crippen LogP contribution in [-0.2, 0) is 10.8 Å². The maximum atomic E-state index is 10.5. The van der Waals surface area contributed by atoms with E-state index < -0.39 is 61.1 Å². The van der Waals surface area contributed by atoms with Gasteiger partial charge in [0.25, 0.3) is 6.71 Å². The summed E-state index contributed by atoms with van der Waals surface area (Å²) in [5, 5.41) is 5.15. The molecule has 4 aromatic heterocycles. The first kappa shape index (κ1) is 56.8. The van der Waals surface area contributed by atoms with Crippen LogP contribution in [-0.4, -0.2) is 25.0 Å². The van der Waals surface area contributed by atoms with E-state index >= 15 is 0 Å². The van der Waals surface area contributed by atoms with Crippen molar-refractivity contribution in [3.8, 4) is 67.3 Å².